The predicted molar refractivity (Wildman–Crippen MR) is 121 cm³/mol. The molecular weight excluding hydrogens is 384 g/mol. The Kier molecular flexibility index (Phi) is 8.52. The average Bonchev–Trinajstić information content (AvgIpc) is 2.75. The van der Waals surface area contributed by atoms with Crippen LogP contribution >= 0.6 is 11.8 Å². The Bertz CT molecular complexity index is 683. The predicted octanol–water partition coefficient (Wildman–Crippen LogP) is 2.62. The summed E-state index contributed by atoms with van der Waals surface area (Å²) in [6.07, 6.45) is 4.73. The van der Waals surface area contributed by atoms with Crippen LogP contribution in [0.3, 0.4) is 0 Å². The van der Waals surface area contributed by atoms with Crippen molar-refractivity contribution >= 4 is 23.6 Å². The second-order valence-corrected chi connectivity index (χ2v) is 9.04. The number of amides is 1. The lowest BCUT2D eigenvalue weighted by Crippen LogP contribution is -2.47. The number of nitrogens with zero attached hydrogens (tertiary/aromatic N) is 2. The fourth-order valence-electron chi connectivity index (χ4n) is 4.05. The Morgan fingerprint density at radius 2 is 2.00 bits per heavy atom. The summed E-state index contributed by atoms with van der Waals surface area (Å²) in [5.41, 5.74) is 1.08. The van der Waals surface area contributed by atoms with Crippen molar-refractivity contribution < 1.29 is 9.90 Å². The summed E-state index contributed by atoms with van der Waals surface area (Å²) in [5.74, 6) is 3.86. The molecule has 3 N–H and O–H groups in total. The molecule has 160 valence electrons. The smallest absolute Gasteiger partial charge is 0.225 e. The molecule has 7 heteroatoms. The number of phenols is 1. The topological polar surface area (TPSA) is 77.0 Å². The largest absolute Gasteiger partial charge is 0.508 e. The van der Waals surface area contributed by atoms with E-state index in [-0.39, 0.29) is 5.92 Å². The maximum Gasteiger partial charge on any atom is 0.225 e. The zero-order valence-electron chi connectivity index (χ0n) is 17.4. The summed E-state index contributed by atoms with van der Waals surface area (Å²) in [4.78, 5) is 19.5. The number of aliphatic imine (C=N–C) groups is 1. The minimum atomic E-state index is 0.196. The number of phenolic OH excluding ortho intramolecular Hbond substituents is 1. The first-order valence-corrected chi connectivity index (χ1v) is 12.0. The van der Waals surface area contributed by atoms with Gasteiger partial charge in [-0.3, -0.25) is 9.79 Å². The number of aromatic hydroxyl groups is 1. The van der Waals surface area contributed by atoms with Crippen LogP contribution in [0.1, 0.15) is 38.2 Å². The van der Waals surface area contributed by atoms with Gasteiger partial charge in [-0.2, -0.15) is 11.8 Å². The molecule has 1 aromatic rings. The standard InChI is InChI=1S/C22H34N4O2S/c1-2-23-22(24-11-10-17-4-3-5-20(27)16-17)25-19-8-6-18(7-9-19)21(28)26-12-14-29-15-13-26/h3-5,16,18-19,27H,2,6-15H2,1H3,(H2,23,24,25). The summed E-state index contributed by atoms with van der Waals surface area (Å²) >= 11 is 1.94. The van der Waals surface area contributed by atoms with Gasteiger partial charge in [0.25, 0.3) is 0 Å². The van der Waals surface area contributed by atoms with Gasteiger partial charge in [0.15, 0.2) is 5.96 Å². The van der Waals surface area contributed by atoms with Gasteiger partial charge in [0.05, 0.1) is 0 Å². The van der Waals surface area contributed by atoms with Crippen molar-refractivity contribution in [3.05, 3.63) is 29.8 Å². The van der Waals surface area contributed by atoms with Crippen LogP contribution < -0.4 is 10.6 Å². The Morgan fingerprint density at radius 3 is 2.69 bits per heavy atom. The maximum absolute atomic E-state index is 12.7. The minimum absolute atomic E-state index is 0.196. The van der Waals surface area contributed by atoms with Gasteiger partial charge < -0.3 is 20.6 Å². The number of thioether (sulfide) groups is 1. The monoisotopic (exact) mass is 418 g/mol. The number of rotatable bonds is 6. The van der Waals surface area contributed by atoms with Crippen LogP contribution in [0.15, 0.2) is 29.3 Å². The van der Waals surface area contributed by atoms with Gasteiger partial charge >= 0.3 is 0 Å². The Hall–Kier alpha value is -1.89. The zero-order chi connectivity index (χ0) is 20.5. The Morgan fingerprint density at radius 1 is 1.24 bits per heavy atom. The first kappa shape index (κ1) is 21.8. The summed E-state index contributed by atoms with van der Waals surface area (Å²) in [5, 5.41) is 16.5. The summed E-state index contributed by atoms with van der Waals surface area (Å²) in [6.45, 7) is 5.38. The van der Waals surface area contributed by atoms with Crippen LogP contribution in [0.4, 0.5) is 0 Å². The van der Waals surface area contributed by atoms with Crippen LogP contribution in [0.25, 0.3) is 0 Å². The van der Waals surface area contributed by atoms with Crippen molar-refractivity contribution in [2.45, 2.75) is 45.1 Å². The van der Waals surface area contributed by atoms with E-state index in [1.807, 2.05) is 23.9 Å². The molecule has 0 spiro atoms. The van der Waals surface area contributed by atoms with E-state index in [0.717, 1.165) is 74.8 Å². The van der Waals surface area contributed by atoms with Crippen molar-refractivity contribution in [1.29, 1.82) is 0 Å². The minimum Gasteiger partial charge on any atom is -0.508 e. The number of guanidine groups is 1. The number of carbonyl (C=O) groups excluding carboxylic acids is 1. The lowest BCUT2D eigenvalue weighted by Gasteiger charge is -2.34. The van der Waals surface area contributed by atoms with Gasteiger partial charge in [0, 0.05) is 49.6 Å². The van der Waals surface area contributed by atoms with E-state index in [0.29, 0.717) is 24.2 Å². The van der Waals surface area contributed by atoms with Crippen molar-refractivity contribution in [3.63, 3.8) is 0 Å². The average molecular weight is 419 g/mol. The zero-order valence-corrected chi connectivity index (χ0v) is 18.2. The molecule has 0 unspecified atom stereocenters. The van der Waals surface area contributed by atoms with Crippen LogP contribution in [0.2, 0.25) is 0 Å². The van der Waals surface area contributed by atoms with Crippen molar-refractivity contribution in [3.8, 4) is 5.75 Å². The molecule has 6 nitrogen and oxygen atoms in total. The van der Waals surface area contributed by atoms with Crippen LogP contribution in [0.5, 0.6) is 5.75 Å². The number of carbonyl (C=O) groups is 1. The molecule has 2 aliphatic rings. The molecule has 0 atom stereocenters. The molecule has 29 heavy (non-hydrogen) atoms. The summed E-state index contributed by atoms with van der Waals surface area (Å²) in [7, 11) is 0. The van der Waals surface area contributed by atoms with Crippen LogP contribution in [0, 0.1) is 5.92 Å². The normalized spacial score (nSPS) is 22.9. The quantitative estimate of drug-likeness (QED) is 0.489. The summed E-state index contributed by atoms with van der Waals surface area (Å²) < 4.78 is 0. The maximum atomic E-state index is 12.7. The van der Waals surface area contributed by atoms with Crippen molar-refractivity contribution in [1.82, 2.24) is 15.5 Å². The van der Waals surface area contributed by atoms with Gasteiger partial charge in [0.1, 0.15) is 5.75 Å². The molecule has 1 aliphatic carbocycles. The molecule has 1 saturated carbocycles. The third-order valence-corrected chi connectivity index (χ3v) is 6.61. The number of nitrogens with one attached hydrogen (secondary N) is 2. The van der Waals surface area contributed by atoms with E-state index < -0.39 is 0 Å². The van der Waals surface area contributed by atoms with Crippen LogP contribution in [-0.2, 0) is 11.2 Å². The Balaban J connectivity index is 1.45. The lowest BCUT2D eigenvalue weighted by atomic mass is 9.85. The van der Waals surface area contributed by atoms with Crippen LogP contribution in [-0.4, -0.2) is 65.6 Å². The molecule has 0 aromatic heterocycles. The highest BCUT2D eigenvalue weighted by Crippen LogP contribution is 2.27. The van der Waals surface area contributed by atoms with E-state index in [4.69, 9.17) is 4.99 Å². The molecule has 1 aliphatic heterocycles. The fraction of sp³-hybridized carbons (Fsp3) is 0.636. The first-order valence-electron chi connectivity index (χ1n) is 10.8. The number of benzene rings is 1. The second kappa shape index (κ2) is 11.3. The molecule has 1 amide bonds. The van der Waals surface area contributed by atoms with Crippen molar-refractivity contribution in [2.24, 2.45) is 10.9 Å². The van der Waals surface area contributed by atoms with E-state index in [2.05, 4.69) is 22.5 Å². The third-order valence-electron chi connectivity index (χ3n) is 5.67. The fourth-order valence-corrected chi connectivity index (χ4v) is 4.95. The third kappa shape index (κ3) is 6.84. The molecule has 1 heterocycles. The second-order valence-electron chi connectivity index (χ2n) is 7.81. The lowest BCUT2D eigenvalue weighted by molar-refractivity contribution is -0.136. The molecule has 3 rings (SSSR count). The van der Waals surface area contributed by atoms with E-state index in [1.165, 1.54) is 0 Å². The van der Waals surface area contributed by atoms with Gasteiger partial charge in [-0.25, -0.2) is 0 Å². The number of hydrogen-bond donors (Lipinski definition) is 3. The Labute approximate surface area is 178 Å². The SMILES string of the molecule is CCNC(=NCCc1cccc(O)c1)NC1CCC(C(=O)N2CCSCC2)CC1. The van der Waals surface area contributed by atoms with Gasteiger partial charge in [-0.15, -0.1) is 0 Å². The molecule has 0 radical (unpaired) electrons. The van der Waals surface area contributed by atoms with E-state index >= 15 is 0 Å². The summed E-state index contributed by atoms with van der Waals surface area (Å²) in [6, 6.07) is 7.71. The van der Waals surface area contributed by atoms with E-state index in [9.17, 15) is 9.90 Å². The highest BCUT2D eigenvalue weighted by Gasteiger charge is 2.30. The van der Waals surface area contributed by atoms with Gasteiger partial charge in [0.2, 0.25) is 5.91 Å². The number of hydrogen-bond acceptors (Lipinski definition) is 4. The van der Waals surface area contributed by atoms with E-state index in [1.54, 1.807) is 12.1 Å². The molecule has 0 bridgehead atoms. The molecule has 2 fully saturated rings. The first-order chi connectivity index (χ1) is 14.2. The highest BCUT2D eigenvalue weighted by atomic mass is 32.2. The van der Waals surface area contributed by atoms with Gasteiger partial charge in [-0.05, 0) is 56.7 Å². The highest BCUT2D eigenvalue weighted by molar-refractivity contribution is 7.99. The molecule has 1 saturated heterocycles. The molecular formula is C22H34N4O2S. The van der Waals surface area contributed by atoms with Gasteiger partial charge in [-0.1, -0.05) is 12.1 Å². The van der Waals surface area contributed by atoms with Crippen molar-refractivity contribution in [2.75, 3.05) is 37.7 Å². The molecule has 1 aromatic carbocycles.